The molecule has 0 amide bonds. The molecule has 0 N–H and O–H groups in total. The third-order valence-electron chi connectivity index (χ3n) is 8.38. The minimum atomic E-state index is -0.512. The van der Waals surface area contributed by atoms with Crippen LogP contribution in [0.25, 0.3) is 22.2 Å². The molecule has 1 atom stereocenters. The monoisotopic (exact) mass is 575 g/mol. The first kappa shape index (κ1) is 24.9. The lowest BCUT2D eigenvalue weighted by molar-refractivity contribution is 0.0395. The van der Waals surface area contributed by atoms with E-state index in [0.29, 0.717) is 74.1 Å². The van der Waals surface area contributed by atoms with E-state index in [1.54, 1.807) is 29.0 Å². The summed E-state index contributed by atoms with van der Waals surface area (Å²) in [6.45, 7) is 3.30. The van der Waals surface area contributed by atoms with Crippen LogP contribution in [0.3, 0.4) is 0 Å². The van der Waals surface area contributed by atoms with Crippen LogP contribution in [0.4, 0.5) is 10.2 Å². The molecule has 41 heavy (non-hydrogen) atoms. The number of aromatic nitrogens is 5. The molecular weight excluding hydrogens is 549 g/mol. The maximum Gasteiger partial charge on any atom is 0.261 e. The van der Waals surface area contributed by atoms with Gasteiger partial charge in [-0.2, -0.15) is 5.10 Å². The summed E-state index contributed by atoms with van der Waals surface area (Å²) in [4.78, 5) is 30.0. The lowest BCUT2D eigenvalue weighted by Gasteiger charge is -2.33. The van der Waals surface area contributed by atoms with E-state index in [4.69, 9.17) is 36.0 Å². The number of halogens is 2. The van der Waals surface area contributed by atoms with Gasteiger partial charge >= 0.3 is 0 Å². The van der Waals surface area contributed by atoms with Gasteiger partial charge in [-0.15, -0.1) is 0 Å². The Morgan fingerprint density at radius 2 is 2.07 bits per heavy atom. The molecule has 12 heteroatoms. The van der Waals surface area contributed by atoms with E-state index in [1.165, 1.54) is 6.07 Å². The number of rotatable bonds is 5. The predicted molar refractivity (Wildman–Crippen MR) is 151 cm³/mol. The Balaban J connectivity index is 1.14. The van der Waals surface area contributed by atoms with E-state index >= 15 is 4.39 Å². The highest BCUT2D eigenvalue weighted by atomic mass is 35.5. The van der Waals surface area contributed by atoms with E-state index < -0.39 is 5.82 Å². The van der Waals surface area contributed by atoms with Gasteiger partial charge in [0.15, 0.2) is 0 Å². The van der Waals surface area contributed by atoms with Gasteiger partial charge in [-0.05, 0) is 43.5 Å². The van der Waals surface area contributed by atoms with Crippen molar-refractivity contribution in [1.29, 1.82) is 0 Å². The van der Waals surface area contributed by atoms with Crippen LogP contribution >= 0.6 is 11.6 Å². The Hall–Kier alpha value is -3.83. The average molecular weight is 576 g/mol. The lowest BCUT2D eigenvalue weighted by Crippen LogP contribution is -2.39. The molecule has 1 aliphatic carbocycles. The summed E-state index contributed by atoms with van der Waals surface area (Å²) in [5.74, 6) is 1.49. The van der Waals surface area contributed by atoms with E-state index in [2.05, 4.69) is 10.00 Å². The van der Waals surface area contributed by atoms with Crippen molar-refractivity contribution >= 4 is 34.2 Å². The smallest absolute Gasteiger partial charge is 0.261 e. The number of ether oxygens (including phenoxy) is 2. The molecule has 6 heterocycles. The van der Waals surface area contributed by atoms with Crippen molar-refractivity contribution in [2.24, 2.45) is 4.99 Å². The zero-order valence-corrected chi connectivity index (χ0v) is 23.0. The summed E-state index contributed by atoms with van der Waals surface area (Å²) in [7, 11) is 0. The summed E-state index contributed by atoms with van der Waals surface area (Å²) in [5, 5.41) is 5.22. The van der Waals surface area contributed by atoms with Gasteiger partial charge in [0, 0.05) is 48.4 Å². The molecule has 0 unspecified atom stereocenters. The maximum absolute atomic E-state index is 15.2. The number of anilines is 1. The van der Waals surface area contributed by atoms with Gasteiger partial charge in [0.05, 0.1) is 23.7 Å². The van der Waals surface area contributed by atoms with Crippen LogP contribution in [0, 0.1) is 5.82 Å². The number of hydrogen-bond donors (Lipinski definition) is 0. The van der Waals surface area contributed by atoms with Gasteiger partial charge in [-0.25, -0.2) is 19.4 Å². The third-order valence-corrected chi connectivity index (χ3v) is 8.62. The summed E-state index contributed by atoms with van der Waals surface area (Å²) in [6.07, 6.45) is 7.24. The fraction of sp³-hybridized carbons (Fsp3) is 0.414. The quantitative estimate of drug-likeness (QED) is 0.355. The third kappa shape index (κ3) is 4.38. The van der Waals surface area contributed by atoms with Crippen LogP contribution in [0.15, 0.2) is 46.4 Å². The Labute approximate surface area is 239 Å². The first-order chi connectivity index (χ1) is 19.9. The van der Waals surface area contributed by atoms with Crippen LogP contribution in [0.1, 0.15) is 36.8 Å². The SMILES string of the molecule is O=c1c2cc(N3CCO[C@@H](c4cnn(CC5=NC6(CC6)CO5)c4)C3)nc(-c3ccc(Cl)cc3F)c2nc2n1CCC2. The molecule has 4 aliphatic rings. The Morgan fingerprint density at radius 1 is 1.17 bits per heavy atom. The zero-order valence-electron chi connectivity index (χ0n) is 22.2. The molecule has 8 rings (SSSR count). The highest BCUT2D eigenvalue weighted by Crippen LogP contribution is 2.43. The highest BCUT2D eigenvalue weighted by Gasteiger charge is 2.47. The summed E-state index contributed by atoms with van der Waals surface area (Å²) < 4.78 is 30.6. The maximum atomic E-state index is 15.2. The Bertz CT molecular complexity index is 1800. The molecular formula is C29H27ClFN7O3. The van der Waals surface area contributed by atoms with Gasteiger partial charge in [0.2, 0.25) is 5.90 Å². The predicted octanol–water partition coefficient (Wildman–Crippen LogP) is 3.93. The second kappa shape index (κ2) is 9.35. The van der Waals surface area contributed by atoms with Crippen molar-refractivity contribution in [3.8, 4) is 11.3 Å². The van der Waals surface area contributed by atoms with Crippen LogP contribution in [0.2, 0.25) is 5.02 Å². The number of pyridine rings is 1. The molecule has 0 bridgehead atoms. The van der Waals surface area contributed by atoms with Crippen molar-refractivity contribution in [3.63, 3.8) is 0 Å². The van der Waals surface area contributed by atoms with Gasteiger partial charge in [0.1, 0.15) is 47.9 Å². The summed E-state index contributed by atoms with van der Waals surface area (Å²) >= 11 is 6.04. The van der Waals surface area contributed by atoms with E-state index in [-0.39, 0.29) is 27.8 Å². The van der Waals surface area contributed by atoms with Crippen LogP contribution < -0.4 is 10.5 Å². The van der Waals surface area contributed by atoms with Crippen molar-refractivity contribution in [2.45, 2.75) is 50.4 Å². The van der Waals surface area contributed by atoms with Crippen molar-refractivity contribution < 1.29 is 13.9 Å². The number of aryl methyl sites for hydroxylation is 1. The van der Waals surface area contributed by atoms with E-state index in [1.807, 2.05) is 10.9 Å². The lowest BCUT2D eigenvalue weighted by atomic mass is 10.1. The fourth-order valence-electron chi connectivity index (χ4n) is 5.96. The first-order valence-corrected chi connectivity index (χ1v) is 14.3. The highest BCUT2D eigenvalue weighted by molar-refractivity contribution is 6.30. The van der Waals surface area contributed by atoms with Crippen LogP contribution in [-0.2, 0) is 29.0 Å². The molecule has 1 saturated carbocycles. The van der Waals surface area contributed by atoms with Crippen molar-refractivity contribution in [3.05, 3.63) is 69.2 Å². The zero-order chi connectivity index (χ0) is 27.7. The fourth-order valence-corrected chi connectivity index (χ4v) is 6.12. The minimum absolute atomic E-state index is 0.0248. The number of fused-ring (bicyclic) bond motifs is 2. The molecule has 3 aliphatic heterocycles. The van der Waals surface area contributed by atoms with Crippen LogP contribution in [0.5, 0.6) is 0 Å². The molecule has 210 valence electrons. The molecule has 2 fully saturated rings. The molecule has 1 aromatic carbocycles. The van der Waals surface area contributed by atoms with Gasteiger partial charge in [-0.3, -0.25) is 14.0 Å². The summed E-state index contributed by atoms with van der Waals surface area (Å²) in [6, 6.07) is 6.25. The first-order valence-electron chi connectivity index (χ1n) is 14.0. The van der Waals surface area contributed by atoms with Gasteiger partial charge in [0.25, 0.3) is 5.56 Å². The standard InChI is InChI=1S/C29H27ClFN7O3/c30-18-3-4-19(21(31)10-18)26-27-20(28(39)38-7-1-2-23(38)33-27)11-24(34-26)36-8-9-40-22(14-36)17-12-32-37(13-17)15-25-35-29(5-6-29)16-41-25/h3-4,10-13,22H,1-2,5-9,14-16H2/t22-/m1/s1. The van der Waals surface area contributed by atoms with Crippen LogP contribution in [-0.4, -0.2) is 62.1 Å². The van der Waals surface area contributed by atoms with E-state index in [9.17, 15) is 4.79 Å². The number of benzene rings is 1. The normalized spacial score (nSPS) is 20.9. The van der Waals surface area contributed by atoms with Gasteiger partial charge in [-0.1, -0.05) is 11.6 Å². The summed E-state index contributed by atoms with van der Waals surface area (Å²) in [5.41, 5.74) is 1.82. The van der Waals surface area contributed by atoms with Crippen molar-refractivity contribution in [2.75, 3.05) is 31.2 Å². The molecule has 3 aromatic heterocycles. The minimum Gasteiger partial charge on any atom is -0.477 e. The second-order valence-electron chi connectivity index (χ2n) is 11.2. The molecule has 0 radical (unpaired) electrons. The van der Waals surface area contributed by atoms with Gasteiger partial charge < -0.3 is 14.4 Å². The Kier molecular flexibility index (Phi) is 5.68. The topological polar surface area (TPSA) is 99.7 Å². The molecule has 4 aromatic rings. The second-order valence-corrected chi connectivity index (χ2v) is 11.7. The number of hydrogen-bond acceptors (Lipinski definition) is 8. The largest absolute Gasteiger partial charge is 0.477 e. The van der Waals surface area contributed by atoms with Crippen molar-refractivity contribution in [1.82, 2.24) is 24.3 Å². The average Bonchev–Trinajstić information content (AvgIpc) is 3.30. The molecule has 1 saturated heterocycles. The Morgan fingerprint density at radius 3 is 2.90 bits per heavy atom. The molecule has 10 nitrogen and oxygen atoms in total. The number of nitrogens with zero attached hydrogens (tertiary/aromatic N) is 7. The van der Waals surface area contributed by atoms with E-state index in [0.717, 1.165) is 30.7 Å². The molecule has 1 spiro atoms. The number of aliphatic imine (C=N–C) groups is 1. The number of morpholine rings is 1.